The predicted octanol–water partition coefficient (Wildman–Crippen LogP) is 6.82. The summed E-state index contributed by atoms with van der Waals surface area (Å²) in [6, 6.07) is 15.7. The van der Waals surface area contributed by atoms with Gasteiger partial charge in [-0.15, -0.1) is 0 Å². The highest BCUT2D eigenvalue weighted by Crippen LogP contribution is 2.42. The van der Waals surface area contributed by atoms with Gasteiger partial charge in [0, 0.05) is 20.4 Å². The van der Waals surface area contributed by atoms with Crippen molar-refractivity contribution in [3.63, 3.8) is 0 Å². The van der Waals surface area contributed by atoms with E-state index in [1.807, 2.05) is 0 Å². The molecule has 0 unspecified atom stereocenters. The molecule has 0 N–H and O–H groups in total. The molecule has 0 fully saturated rings. The van der Waals surface area contributed by atoms with Crippen molar-refractivity contribution in [3.8, 4) is 23.1 Å². The molecular weight excluding hydrogens is 670 g/mol. The van der Waals surface area contributed by atoms with Crippen LogP contribution in [0.3, 0.4) is 0 Å². The molecule has 0 aliphatic rings. The number of fused-ring (bicyclic) bond motifs is 2. The number of benzene rings is 3. The maximum atomic E-state index is 13.6. The van der Waals surface area contributed by atoms with E-state index in [4.69, 9.17) is 35.2 Å². The van der Waals surface area contributed by atoms with Crippen LogP contribution in [0.4, 0.5) is 0 Å². The van der Waals surface area contributed by atoms with E-state index < -0.39 is 5.97 Å². The summed E-state index contributed by atoms with van der Waals surface area (Å²) in [7, 11) is 1.47. The first-order valence-corrected chi connectivity index (χ1v) is 13.9. The van der Waals surface area contributed by atoms with Crippen molar-refractivity contribution in [1.82, 2.24) is 9.66 Å². The lowest BCUT2D eigenvalue weighted by Crippen LogP contribution is -2.20. The average molecular weight is 690 g/mol. The number of hydrogen-bond acceptors (Lipinski definition) is 8. The third kappa shape index (κ3) is 5.49. The molecule has 5 aromatic rings. The SMILES string of the molecule is CCOC(=O)COc1c(OC)cc(C=Nn2c(-c3cc4cc(Cl)ccc4o3)nc3ccccc3c2=O)c(Br)c1Br. The highest BCUT2D eigenvalue weighted by atomic mass is 79.9. The number of esters is 1. The van der Waals surface area contributed by atoms with Crippen LogP contribution in [0.1, 0.15) is 12.5 Å². The molecule has 9 nitrogen and oxygen atoms in total. The van der Waals surface area contributed by atoms with Gasteiger partial charge in [0.2, 0.25) is 5.82 Å². The lowest BCUT2D eigenvalue weighted by atomic mass is 10.2. The van der Waals surface area contributed by atoms with Crippen LogP contribution in [0.25, 0.3) is 33.5 Å². The zero-order valence-corrected chi connectivity index (χ0v) is 25.0. The summed E-state index contributed by atoms with van der Waals surface area (Å²) in [5, 5.41) is 6.21. The zero-order valence-electron chi connectivity index (χ0n) is 21.1. The van der Waals surface area contributed by atoms with Crippen molar-refractivity contribution in [2.24, 2.45) is 5.10 Å². The number of furan rings is 1. The molecular formula is C28H20Br2ClN3O6. The van der Waals surface area contributed by atoms with Gasteiger partial charge in [0.1, 0.15) is 5.58 Å². The molecule has 0 bridgehead atoms. The summed E-state index contributed by atoms with van der Waals surface area (Å²) in [6.07, 6.45) is 1.48. The maximum Gasteiger partial charge on any atom is 0.344 e. The van der Waals surface area contributed by atoms with Gasteiger partial charge in [0.05, 0.1) is 35.3 Å². The summed E-state index contributed by atoms with van der Waals surface area (Å²) < 4.78 is 24.3. The third-order valence-corrected chi connectivity index (χ3v) is 8.16. The van der Waals surface area contributed by atoms with Gasteiger partial charge in [-0.2, -0.15) is 9.78 Å². The van der Waals surface area contributed by atoms with E-state index in [2.05, 4.69) is 37.0 Å². The van der Waals surface area contributed by atoms with E-state index in [1.165, 1.54) is 18.0 Å². The molecule has 0 saturated carbocycles. The number of rotatable bonds is 8. The Balaban J connectivity index is 1.61. The molecule has 2 aromatic heterocycles. The van der Waals surface area contributed by atoms with Crippen LogP contribution in [0.15, 0.2) is 77.9 Å². The summed E-state index contributed by atoms with van der Waals surface area (Å²) in [4.78, 5) is 30.1. The second-order valence-electron chi connectivity index (χ2n) is 8.33. The Hall–Kier alpha value is -3.67. The van der Waals surface area contributed by atoms with Crippen LogP contribution in [0.5, 0.6) is 11.5 Å². The zero-order chi connectivity index (χ0) is 28.4. The minimum atomic E-state index is -0.512. The minimum Gasteiger partial charge on any atom is -0.493 e. The molecule has 0 aliphatic carbocycles. The Kier molecular flexibility index (Phi) is 8.24. The summed E-state index contributed by atoms with van der Waals surface area (Å²) in [5.74, 6) is 0.674. The van der Waals surface area contributed by atoms with E-state index >= 15 is 0 Å². The normalized spacial score (nSPS) is 11.4. The monoisotopic (exact) mass is 687 g/mol. The lowest BCUT2D eigenvalue weighted by molar-refractivity contribution is -0.145. The smallest absolute Gasteiger partial charge is 0.344 e. The quantitative estimate of drug-likeness (QED) is 0.130. The van der Waals surface area contributed by atoms with Gasteiger partial charge >= 0.3 is 5.97 Å². The highest BCUT2D eigenvalue weighted by Gasteiger charge is 2.20. The first-order valence-electron chi connectivity index (χ1n) is 11.9. The van der Waals surface area contributed by atoms with Gasteiger partial charge < -0.3 is 18.6 Å². The number of ether oxygens (including phenoxy) is 3. The van der Waals surface area contributed by atoms with E-state index in [0.717, 1.165) is 5.39 Å². The van der Waals surface area contributed by atoms with E-state index in [-0.39, 0.29) is 24.6 Å². The number of aromatic nitrogens is 2. The summed E-state index contributed by atoms with van der Waals surface area (Å²) in [6.45, 7) is 1.66. The lowest BCUT2D eigenvalue weighted by Gasteiger charge is -2.15. The van der Waals surface area contributed by atoms with Crippen LogP contribution in [0, 0.1) is 0 Å². The standard InChI is InChI=1S/C28H20Br2ClN3O6/c1-3-38-23(35)14-39-26-21(37-2)12-16(24(29)25(26)30)13-32-34-27(33-19-7-5-4-6-18(19)28(34)36)22-11-15-10-17(31)8-9-20(15)40-22/h4-13H,3,14H2,1-2H3. The number of methoxy groups -OCH3 is 1. The topological polar surface area (TPSA) is 105 Å². The Morgan fingerprint density at radius 3 is 2.73 bits per heavy atom. The van der Waals surface area contributed by atoms with E-state index in [1.54, 1.807) is 61.5 Å². The highest BCUT2D eigenvalue weighted by molar-refractivity contribution is 9.13. The molecule has 40 heavy (non-hydrogen) atoms. The molecule has 3 aromatic carbocycles. The number of nitrogens with zero attached hydrogens (tertiary/aromatic N) is 3. The fraction of sp³-hybridized carbons (Fsp3) is 0.143. The van der Waals surface area contributed by atoms with Gasteiger partial charge in [-0.1, -0.05) is 23.7 Å². The second-order valence-corrected chi connectivity index (χ2v) is 10.3. The first-order chi connectivity index (χ1) is 19.3. The molecule has 0 aliphatic heterocycles. The molecule has 0 amide bonds. The van der Waals surface area contributed by atoms with Gasteiger partial charge in [-0.05, 0) is 81.2 Å². The first kappa shape index (κ1) is 27.9. The Bertz CT molecular complexity index is 1850. The van der Waals surface area contributed by atoms with Crippen molar-refractivity contribution < 1.29 is 23.4 Å². The number of hydrogen-bond donors (Lipinski definition) is 0. The molecule has 5 rings (SSSR count). The van der Waals surface area contributed by atoms with Crippen LogP contribution < -0.4 is 15.0 Å². The van der Waals surface area contributed by atoms with Crippen LogP contribution in [-0.4, -0.2) is 42.2 Å². The van der Waals surface area contributed by atoms with Crippen LogP contribution in [-0.2, 0) is 9.53 Å². The Morgan fingerprint density at radius 1 is 1.15 bits per heavy atom. The van der Waals surface area contributed by atoms with Crippen LogP contribution in [0.2, 0.25) is 5.02 Å². The number of halogens is 3. The Morgan fingerprint density at radius 2 is 1.95 bits per heavy atom. The molecule has 0 atom stereocenters. The van der Waals surface area contributed by atoms with Gasteiger partial charge in [-0.3, -0.25) is 4.79 Å². The van der Waals surface area contributed by atoms with Gasteiger partial charge in [-0.25, -0.2) is 9.78 Å². The van der Waals surface area contributed by atoms with Crippen molar-refractivity contribution in [2.45, 2.75) is 6.92 Å². The van der Waals surface area contributed by atoms with Crippen molar-refractivity contribution >= 4 is 77.5 Å². The predicted molar refractivity (Wildman–Crippen MR) is 160 cm³/mol. The second kappa shape index (κ2) is 11.8. The fourth-order valence-electron chi connectivity index (χ4n) is 3.95. The molecule has 12 heteroatoms. The fourth-order valence-corrected chi connectivity index (χ4v) is 5.07. The summed E-state index contributed by atoms with van der Waals surface area (Å²) >= 11 is 13.2. The average Bonchev–Trinajstić information content (AvgIpc) is 3.37. The number of para-hydroxylation sites is 1. The third-order valence-electron chi connectivity index (χ3n) is 5.78. The molecule has 0 saturated heterocycles. The largest absolute Gasteiger partial charge is 0.493 e. The summed E-state index contributed by atoms with van der Waals surface area (Å²) in [5.41, 5.74) is 1.26. The van der Waals surface area contributed by atoms with Crippen LogP contribution >= 0.6 is 43.5 Å². The van der Waals surface area contributed by atoms with Gasteiger partial charge in [0.25, 0.3) is 5.56 Å². The molecule has 204 valence electrons. The van der Waals surface area contributed by atoms with E-state index in [9.17, 15) is 9.59 Å². The van der Waals surface area contributed by atoms with Gasteiger partial charge in [0.15, 0.2) is 23.9 Å². The molecule has 2 heterocycles. The van der Waals surface area contributed by atoms with Crippen molar-refractivity contribution in [3.05, 3.63) is 84.5 Å². The number of carbonyl (C=O) groups excluding carboxylic acids is 1. The Labute approximate surface area is 249 Å². The minimum absolute atomic E-state index is 0.212. The number of carbonyl (C=O) groups is 1. The van der Waals surface area contributed by atoms with E-state index in [0.29, 0.717) is 53.3 Å². The maximum absolute atomic E-state index is 13.6. The molecule has 0 spiro atoms. The van der Waals surface area contributed by atoms with Crippen molar-refractivity contribution in [1.29, 1.82) is 0 Å². The van der Waals surface area contributed by atoms with Crippen molar-refractivity contribution in [2.75, 3.05) is 20.3 Å². The molecule has 0 radical (unpaired) electrons.